The third-order valence-electron chi connectivity index (χ3n) is 4.55. The molecule has 0 aromatic heterocycles. The first kappa shape index (κ1) is 13.6. The molecule has 0 saturated carbocycles. The number of nitrogens with one attached hydrogen (secondary N) is 1. The van der Waals surface area contributed by atoms with E-state index in [-0.39, 0.29) is 11.8 Å². The van der Waals surface area contributed by atoms with Crippen LogP contribution < -0.4 is 11.1 Å². The molecule has 1 atom stereocenters. The fourth-order valence-electron chi connectivity index (χ4n) is 3.28. The molecule has 1 aromatic carbocycles. The molecular formula is C16H23N3O. The summed E-state index contributed by atoms with van der Waals surface area (Å²) in [6.07, 6.45) is 2.98. The van der Waals surface area contributed by atoms with Crippen molar-refractivity contribution in [3.05, 3.63) is 35.4 Å². The molecule has 1 aliphatic carbocycles. The Kier molecular flexibility index (Phi) is 4.03. The number of nitrogens with zero attached hydrogens (tertiary/aromatic N) is 1. The molecule has 1 aromatic rings. The molecular weight excluding hydrogens is 250 g/mol. The summed E-state index contributed by atoms with van der Waals surface area (Å²) in [5.74, 6) is 0.286. The SMILES string of the molecule is NCCN1CCC(NC(=O)C2Cc3ccccc32)CC1. The summed E-state index contributed by atoms with van der Waals surface area (Å²) in [6, 6.07) is 8.59. The lowest BCUT2D eigenvalue weighted by molar-refractivity contribution is -0.124. The summed E-state index contributed by atoms with van der Waals surface area (Å²) in [5, 5.41) is 3.23. The number of fused-ring (bicyclic) bond motifs is 1. The highest BCUT2D eigenvalue weighted by molar-refractivity contribution is 5.87. The molecule has 1 aliphatic heterocycles. The Morgan fingerprint density at radius 3 is 2.75 bits per heavy atom. The normalized spacial score (nSPS) is 22.9. The Balaban J connectivity index is 1.49. The predicted octanol–water partition coefficient (Wildman–Crippen LogP) is 0.866. The zero-order valence-electron chi connectivity index (χ0n) is 11.8. The number of rotatable bonds is 4. The maximum absolute atomic E-state index is 12.3. The van der Waals surface area contributed by atoms with Gasteiger partial charge in [-0.25, -0.2) is 0 Å². The van der Waals surface area contributed by atoms with Crippen LogP contribution in [0.5, 0.6) is 0 Å². The van der Waals surface area contributed by atoms with Gasteiger partial charge in [0.05, 0.1) is 5.92 Å². The number of likely N-dealkylation sites (tertiary alicyclic amines) is 1. The molecule has 1 fully saturated rings. The van der Waals surface area contributed by atoms with Crippen LogP contribution in [0.3, 0.4) is 0 Å². The molecule has 0 bridgehead atoms. The lowest BCUT2D eigenvalue weighted by Gasteiger charge is -2.34. The van der Waals surface area contributed by atoms with Crippen LogP contribution in [0.2, 0.25) is 0 Å². The summed E-state index contributed by atoms with van der Waals surface area (Å²) in [5.41, 5.74) is 8.11. The molecule has 3 rings (SSSR count). The number of hydrogen-bond acceptors (Lipinski definition) is 3. The van der Waals surface area contributed by atoms with Crippen molar-refractivity contribution < 1.29 is 4.79 Å². The van der Waals surface area contributed by atoms with E-state index in [0.717, 1.165) is 45.4 Å². The highest BCUT2D eigenvalue weighted by Crippen LogP contribution is 2.35. The molecule has 1 heterocycles. The Morgan fingerprint density at radius 2 is 2.05 bits per heavy atom. The van der Waals surface area contributed by atoms with Crippen molar-refractivity contribution in [3.63, 3.8) is 0 Å². The lowest BCUT2D eigenvalue weighted by Crippen LogP contribution is -2.48. The topological polar surface area (TPSA) is 58.4 Å². The Labute approximate surface area is 120 Å². The fourth-order valence-corrected chi connectivity index (χ4v) is 3.28. The minimum Gasteiger partial charge on any atom is -0.353 e. The number of hydrogen-bond donors (Lipinski definition) is 2. The van der Waals surface area contributed by atoms with Gasteiger partial charge in [0.25, 0.3) is 0 Å². The minimum atomic E-state index is 0.0771. The molecule has 0 radical (unpaired) electrons. The van der Waals surface area contributed by atoms with Gasteiger partial charge in [-0.15, -0.1) is 0 Å². The first-order valence-electron chi connectivity index (χ1n) is 7.58. The zero-order chi connectivity index (χ0) is 13.9. The second-order valence-electron chi connectivity index (χ2n) is 5.87. The van der Waals surface area contributed by atoms with Gasteiger partial charge >= 0.3 is 0 Å². The highest BCUT2D eigenvalue weighted by atomic mass is 16.2. The molecule has 1 amide bonds. The molecule has 20 heavy (non-hydrogen) atoms. The van der Waals surface area contributed by atoms with Crippen LogP contribution in [0, 0.1) is 0 Å². The van der Waals surface area contributed by atoms with Crippen molar-refractivity contribution in [2.45, 2.75) is 31.2 Å². The van der Waals surface area contributed by atoms with Gasteiger partial charge < -0.3 is 16.0 Å². The van der Waals surface area contributed by atoms with Crippen LogP contribution in [0.15, 0.2) is 24.3 Å². The average molecular weight is 273 g/mol. The Morgan fingerprint density at radius 1 is 1.30 bits per heavy atom. The second-order valence-corrected chi connectivity index (χ2v) is 5.87. The number of amides is 1. The van der Waals surface area contributed by atoms with Crippen LogP contribution in [-0.4, -0.2) is 43.0 Å². The number of carbonyl (C=O) groups excluding carboxylic acids is 1. The highest BCUT2D eigenvalue weighted by Gasteiger charge is 2.33. The van der Waals surface area contributed by atoms with Crippen molar-refractivity contribution in [1.82, 2.24) is 10.2 Å². The first-order chi connectivity index (χ1) is 9.78. The second kappa shape index (κ2) is 5.94. The molecule has 1 saturated heterocycles. The van der Waals surface area contributed by atoms with E-state index < -0.39 is 0 Å². The van der Waals surface area contributed by atoms with Gasteiger partial charge in [-0.3, -0.25) is 4.79 Å². The number of benzene rings is 1. The molecule has 2 aliphatic rings. The van der Waals surface area contributed by atoms with Crippen LogP contribution in [-0.2, 0) is 11.2 Å². The summed E-state index contributed by atoms with van der Waals surface area (Å²) >= 11 is 0. The van der Waals surface area contributed by atoms with Crippen LogP contribution >= 0.6 is 0 Å². The molecule has 4 nitrogen and oxygen atoms in total. The van der Waals surface area contributed by atoms with Gasteiger partial charge in [-0.2, -0.15) is 0 Å². The third-order valence-corrected chi connectivity index (χ3v) is 4.55. The van der Waals surface area contributed by atoms with Crippen LogP contribution in [0.25, 0.3) is 0 Å². The Bertz CT molecular complexity index is 480. The number of piperidine rings is 1. The van der Waals surface area contributed by atoms with Crippen LogP contribution in [0.1, 0.15) is 29.9 Å². The smallest absolute Gasteiger partial charge is 0.228 e. The third kappa shape index (κ3) is 2.72. The predicted molar refractivity (Wildman–Crippen MR) is 79.5 cm³/mol. The first-order valence-corrected chi connectivity index (χ1v) is 7.58. The largest absolute Gasteiger partial charge is 0.353 e. The lowest BCUT2D eigenvalue weighted by atomic mass is 9.77. The van der Waals surface area contributed by atoms with Gasteiger partial charge in [0.15, 0.2) is 0 Å². The van der Waals surface area contributed by atoms with Gasteiger partial charge in [-0.1, -0.05) is 24.3 Å². The van der Waals surface area contributed by atoms with E-state index >= 15 is 0 Å². The molecule has 0 spiro atoms. The van der Waals surface area contributed by atoms with E-state index in [4.69, 9.17) is 5.73 Å². The van der Waals surface area contributed by atoms with Crippen molar-refractivity contribution >= 4 is 5.91 Å². The van der Waals surface area contributed by atoms with E-state index in [2.05, 4.69) is 22.3 Å². The van der Waals surface area contributed by atoms with E-state index in [1.54, 1.807) is 0 Å². The maximum Gasteiger partial charge on any atom is 0.228 e. The zero-order valence-corrected chi connectivity index (χ0v) is 11.8. The molecule has 1 unspecified atom stereocenters. The fraction of sp³-hybridized carbons (Fsp3) is 0.562. The van der Waals surface area contributed by atoms with Gasteiger partial charge in [0.1, 0.15) is 0 Å². The molecule has 108 valence electrons. The van der Waals surface area contributed by atoms with Crippen molar-refractivity contribution in [3.8, 4) is 0 Å². The molecule has 4 heteroatoms. The van der Waals surface area contributed by atoms with Gasteiger partial charge in [0.2, 0.25) is 5.91 Å². The van der Waals surface area contributed by atoms with Crippen molar-refractivity contribution in [1.29, 1.82) is 0 Å². The number of nitrogens with two attached hydrogens (primary N) is 1. The van der Waals surface area contributed by atoms with Crippen molar-refractivity contribution in [2.24, 2.45) is 5.73 Å². The number of carbonyl (C=O) groups is 1. The summed E-state index contributed by atoms with van der Waals surface area (Å²) in [7, 11) is 0. The van der Waals surface area contributed by atoms with Gasteiger partial charge in [0, 0.05) is 32.2 Å². The Hall–Kier alpha value is -1.39. The van der Waals surface area contributed by atoms with E-state index in [0.29, 0.717) is 6.04 Å². The quantitative estimate of drug-likeness (QED) is 0.855. The van der Waals surface area contributed by atoms with Crippen molar-refractivity contribution in [2.75, 3.05) is 26.2 Å². The summed E-state index contributed by atoms with van der Waals surface area (Å²) < 4.78 is 0. The summed E-state index contributed by atoms with van der Waals surface area (Å²) in [4.78, 5) is 14.7. The summed E-state index contributed by atoms with van der Waals surface area (Å²) in [6.45, 7) is 3.78. The minimum absolute atomic E-state index is 0.0771. The van der Waals surface area contributed by atoms with E-state index in [1.165, 1.54) is 11.1 Å². The average Bonchev–Trinajstić information content (AvgIpc) is 2.43. The van der Waals surface area contributed by atoms with E-state index in [1.807, 2.05) is 12.1 Å². The van der Waals surface area contributed by atoms with E-state index in [9.17, 15) is 4.79 Å². The van der Waals surface area contributed by atoms with Gasteiger partial charge in [-0.05, 0) is 30.4 Å². The maximum atomic E-state index is 12.3. The monoisotopic (exact) mass is 273 g/mol. The van der Waals surface area contributed by atoms with Crippen LogP contribution in [0.4, 0.5) is 0 Å². The molecule has 3 N–H and O–H groups in total. The standard InChI is InChI=1S/C16H23N3O/c17-7-10-19-8-5-13(6-9-19)18-16(20)15-11-12-3-1-2-4-14(12)15/h1-4,13,15H,5-11,17H2,(H,18,20).